The van der Waals surface area contributed by atoms with E-state index < -0.39 is 6.04 Å². The molecule has 30 heavy (non-hydrogen) atoms. The van der Waals surface area contributed by atoms with Gasteiger partial charge in [0, 0.05) is 18.1 Å². The molecule has 6 heteroatoms. The van der Waals surface area contributed by atoms with E-state index in [9.17, 15) is 9.59 Å². The molecule has 0 N–H and O–H groups in total. The van der Waals surface area contributed by atoms with E-state index in [1.807, 2.05) is 12.1 Å². The second kappa shape index (κ2) is 7.67. The number of carbonyl (C=O) groups excluding carboxylic acids is 1. The van der Waals surface area contributed by atoms with Crippen molar-refractivity contribution in [2.75, 3.05) is 20.3 Å². The molecule has 0 radical (unpaired) electrons. The standard InChI is InChI=1S/C24H24BrNO4/c1-24(2,3)15-7-5-14(6-8-15)20-19-21(27)17-13-16(25)9-10-18(17)30-22(19)23(28)26(20)11-12-29-4/h5-10,13,20H,11-12H2,1-4H3. The number of amides is 1. The summed E-state index contributed by atoms with van der Waals surface area (Å²) in [6.45, 7) is 7.19. The van der Waals surface area contributed by atoms with E-state index in [2.05, 4.69) is 48.8 Å². The van der Waals surface area contributed by atoms with Crippen molar-refractivity contribution in [2.45, 2.75) is 32.2 Å². The number of rotatable bonds is 4. The van der Waals surface area contributed by atoms with Crippen LogP contribution in [0.1, 0.15) is 54.1 Å². The van der Waals surface area contributed by atoms with Gasteiger partial charge in [-0.2, -0.15) is 0 Å². The number of ether oxygens (including phenoxy) is 1. The Morgan fingerprint density at radius 2 is 1.80 bits per heavy atom. The Kier molecular flexibility index (Phi) is 5.32. The van der Waals surface area contributed by atoms with Gasteiger partial charge in [-0.3, -0.25) is 9.59 Å². The van der Waals surface area contributed by atoms with Crippen molar-refractivity contribution >= 4 is 32.8 Å². The third kappa shape index (κ3) is 3.48. The molecular weight excluding hydrogens is 446 g/mol. The molecule has 0 spiro atoms. The Bertz CT molecular complexity index is 1170. The number of fused-ring (bicyclic) bond motifs is 2. The molecule has 156 valence electrons. The lowest BCUT2D eigenvalue weighted by molar-refractivity contribution is 0.0663. The number of methoxy groups -OCH3 is 1. The van der Waals surface area contributed by atoms with Crippen LogP contribution >= 0.6 is 15.9 Å². The van der Waals surface area contributed by atoms with E-state index in [4.69, 9.17) is 9.15 Å². The van der Waals surface area contributed by atoms with Crippen LogP contribution in [0.3, 0.4) is 0 Å². The van der Waals surface area contributed by atoms with E-state index in [0.717, 1.165) is 10.0 Å². The first kappa shape index (κ1) is 20.8. The fraction of sp³-hybridized carbons (Fsp3) is 0.333. The molecular formula is C24H24BrNO4. The molecule has 0 fully saturated rings. The maximum Gasteiger partial charge on any atom is 0.290 e. The first-order valence-electron chi connectivity index (χ1n) is 9.89. The largest absolute Gasteiger partial charge is 0.450 e. The van der Waals surface area contributed by atoms with E-state index in [-0.39, 0.29) is 22.5 Å². The van der Waals surface area contributed by atoms with Gasteiger partial charge in [-0.1, -0.05) is 61.0 Å². The van der Waals surface area contributed by atoms with Crippen LogP contribution in [0.25, 0.3) is 11.0 Å². The van der Waals surface area contributed by atoms with Gasteiger partial charge in [0.05, 0.1) is 23.6 Å². The molecule has 0 aliphatic carbocycles. The summed E-state index contributed by atoms with van der Waals surface area (Å²) in [6.07, 6.45) is 0. The Morgan fingerprint density at radius 3 is 2.43 bits per heavy atom. The SMILES string of the molecule is COCCN1C(=O)c2oc3ccc(Br)cc3c(=O)c2C1c1ccc(C(C)(C)C)cc1. The topological polar surface area (TPSA) is 59.8 Å². The summed E-state index contributed by atoms with van der Waals surface area (Å²) in [5.41, 5.74) is 2.71. The monoisotopic (exact) mass is 469 g/mol. The van der Waals surface area contributed by atoms with E-state index >= 15 is 0 Å². The highest BCUT2D eigenvalue weighted by molar-refractivity contribution is 9.10. The summed E-state index contributed by atoms with van der Waals surface area (Å²) in [5.74, 6) is -0.162. The number of benzene rings is 2. The molecule has 3 aromatic rings. The van der Waals surface area contributed by atoms with Crippen molar-refractivity contribution in [3.63, 3.8) is 0 Å². The minimum absolute atomic E-state index is 0.0131. The quantitative estimate of drug-likeness (QED) is 0.536. The predicted molar refractivity (Wildman–Crippen MR) is 120 cm³/mol. The zero-order valence-electron chi connectivity index (χ0n) is 17.5. The lowest BCUT2D eigenvalue weighted by atomic mass is 9.86. The van der Waals surface area contributed by atoms with Gasteiger partial charge in [0.2, 0.25) is 5.76 Å². The first-order valence-corrected chi connectivity index (χ1v) is 10.7. The fourth-order valence-corrected chi connectivity index (χ4v) is 4.29. The Balaban J connectivity index is 1.92. The highest BCUT2D eigenvalue weighted by Gasteiger charge is 2.42. The van der Waals surface area contributed by atoms with Gasteiger partial charge in [0.1, 0.15) is 5.58 Å². The molecule has 1 aliphatic rings. The van der Waals surface area contributed by atoms with Gasteiger partial charge in [0.25, 0.3) is 5.91 Å². The molecule has 0 bridgehead atoms. The number of hydrogen-bond acceptors (Lipinski definition) is 4. The number of halogens is 1. The molecule has 1 aromatic heterocycles. The van der Waals surface area contributed by atoms with Crippen LogP contribution in [-0.2, 0) is 10.2 Å². The van der Waals surface area contributed by atoms with E-state index in [1.54, 1.807) is 30.2 Å². The van der Waals surface area contributed by atoms with Crippen LogP contribution < -0.4 is 5.43 Å². The van der Waals surface area contributed by atoms with Crippen LogP contribution in [0.15, 0.2) is 56.1 Å². The summed E-state index contributed by atoms with van der Waals surface area (Å²) in [5, 5.41) is 0.459. The van der Waals surface area contributed by atoms with Crippen molar-refractivity contribution in [1.82, 2.24) is 4.90 Å². The molecule has 0 saturated heterocycles. The van der Waals surface area contributed by atoms with Crippen molar-refractivity contribution < 1.29 is 13.9 Å². The molecule has 4 rings (SSSR count). The maximum absolute atomic E-state index is 13.5. The lowest BCUT2D eigenvalue weighted by Crippen LogP contribution is -2.32. The first-order chi connectivity index (χ1) is 14.2. The fourth-order valence-electron chi connectivity index (χ4n) is 3.92. The predicted octanol–water partition coefficient (Wildman–Crippen LogP) is 5.04. The third-order valence-electron chi connectivity index (χ3n) is 5.56. The molecule has 0 saturated carbocycles. The van der Waals surface area contributed by atoms with Crippen molar-refractivity contribution in [1.29, 1.82) is 0 Å². The van der Waals surface area contributed by atoms with Crippen molar-refractivity contribution in [3.8, 4) is 0 Å². The average molecular weight is 470 g/mol. The average Bonchev–Trinajstić information content (AvgIpc) is 2.98. The maximum atomic E-state index is 13.5. The minimum Gasteiger partial charge on any atom is -0.450 e. The van der Waals surface area contributed by atoms with Crippen LogP contribution in [0.5, 0.6) is 0 Å². The zero-order valence-corrected chi connectivity index (χ0v) is 19.1. The van der Waals surface area contributed by atoms with Gasteiger partial charge in [-0.25, -0.2) is 0 Å². The summed E-state index contributed by atoms with van der Waals surface area (Å²) in [7, 11) is 1.59. The summed E-state index contributed by atoms with van der Waals surface area (Å²) < 4.78 is 11.9. The number of nitrogens with zero attached hydrogens (tertiary/aromatic N) is 1. The number of hydrogen-bond donors (Lipinski definition) is 0. The molecule has 5 nitrogen and oxygen atoms in total. The molecule has 2 heterocycles. The molecule has 2 aromatic carbocycles. The van der Waals surface area contributed by atoms with E-state index in [0.29, 0.717) is 29.7 Å². The highest BCUT2D eigenvalue weighted by atomic mass is 79.9. The van der Waals surface area contributed by atoms with Crippen molar-refractivity contribution in [2.24, 2.45) is 0 Å². The van der Waals surface area contributed by atoms with Gasteiger partial charge in [0.15, 0.2) is 5.43 Å². The molecule has 1 amide bonds. The highest BCUT2D eigenvalue weighted by Crippen LogP contribution is 2.38. The van der Waals surface area contributed by atoms with Crippen LogP contribution in [0, 0.1) is 0 Å². The number of carbonyl (C=O) groups is 1. The van der Waals surface area contributed by atoms with Gasteiger partial charge < -0.3 is 14.1 Å². The van der Waals surface area contributed by atoms with Crippen molar-refractivity contribution in [3.05, 3.63) is 79.6 Å². The minimum atomic E-state index is -0.503. The summed E-state index contributed by atoms with van der Waals surface area (Å²) >= 11 is 3.42. The van der Waals surface area contributed by atoms with E-state index in [1.165, 1.54) is 5.56 Å². The molecule has 1 aliphatic heterocycles. The second-order valence-corrected chi connectivity index (χ2v) is 9.50. The Labute approximate surface area is 183 Å². The summed E-state index contributed by atoms with van der Waals surface area (Å²) in [4.78, 5) is 28.3. The van der Waals surface area contributed by atoms with Crippen LogP contribution in [0.2, 0.25) is 0 Å². The lowest BCUT2D eigenvalue weighted by Gasteiger charge is -2.26. The van der Waals surface area contributed by atoms with Gasteiger partial charge in [-0.15, -0.1) is 0 Å². The Hall–Kier alpha value is -2.44. The van der Waals surface area contributed by atoms with Gasteiger partial charge in [-0.05, 0) is 34.7 Å². The van der Waals surface area contributed by atoms with Crippen LogP contribution in [-0.4, -0.2) is 31.1 Å². The molecule has 1 unspecified atom stereocenters. The Morgan fingerprint density at radius 1 is 1.10 bits per heavy atom. The third-order valence-corrected chi connectivity index (χ3v) is 6.05. The van der Waals surface area contributed by atoms with Crippen LogP contribution in [0.4, 0.5) is 0 Å². The normalized spacial score (nSPS) is 16.4. The second-order valence-electron chi connectivity index (χ2n) is 8.58. The van der Waals surface area contributed by atoms with Gasteiger partial charge >= 0.3 is 0 Å². The zero-order chi connectivity index (χ0) is 21.6. The smallest absolute Gasteiger partial charge is 0.290 e. The summed E-state index contributed by atoms with van der Waals surface area (Å²) in [6, 6.07) is 12.9. The molecule has 1 atom stereocenters.